The summed E-state index contributed by atoms with van der Waals surface area (Å²) < 4.78 is 0. The molecular weight excluding hydrogens is 332 g/mol. The summed E-state index contributed by atoms with van der Waals surface area (Å²) in [5.41, 5.74) is 4.69. The molecule has 4 heteroatoms. The first-order valence-corrected chi connectivity index (χ1v) is 9.41. The lowest BCUT2D eigenvalue weighted by molar-refractivity contribution is 0.590. The number of hydrogen-bond donors (Lipinski definition) is 2. The summed E-state index contributed by atoms with van der Waals surface area (Å²) in [6.07, 6.45) is 0.959. The minimum Gasteiger partial charge on any atom is -0.370 e. The fourth-order valence-electron chi connectivity index (χ4n) is 2.88. The topological polar surface area (TPSA) is 49.8 Å². The molecule has 0 saturated heterocycles. The van der Waals surface area contributed by atoms with Crippen molar-refractivity contribution in [2.45, 2.75) is 39.5 Å². The van der Waals surface area contributed by atoms with Crippen molar-refractivity contribution in [3.8, 4) is 0 Å². The zero-order valence-electron chi connectivity index (χ0n) is 16.6. The number of benzene rings is 2. The van der Waals surface area contributed by atoms with E-state index in [-0.39, 0.29) is 5.41 Å². The van der Waals surface area contributed by atoms with Crippen LogP contribution in [0.4, 0.5) is 17.5 Å². The van der Waals surface area contributed by atoms with Crippen LogP contribution in [0, 0.1) is 6.92 Å². The van der Waals surface area contributed by atoms with Crippen molar-refractivity contribution in [3.63, 3.8) is 0 Å². The lowest BCUT2D eigenvalue weighted by atomic mass is 9.87. The smallest absolute Gasteiger partial charge is 0.229 e. The Hall–Kier alpha value is -2.88. The van der Waals surface area contributed by atoms with Crippen LogP contribution in [-0.4, -0.2) is 16.5 Å². The Balaban J connectivity index is 1.64. The molecule has 0 atom stereocenters. The van der Waals surface area contributed by atoms with Gasteiger partial charge >= 0.3 is 0 Å². The largest absolute Gasteiger partial charge is 0.370 e. The molecule has 0 aliphatic rings. The van der Waals surface area contributed by atoms with Crippen molar-refractivity contribution in [2.24, 2.45) is 0 Å². The number of rotatable bonds is 6. The Morgan fingerprint density at radius 3 is 2.26 bits per heavy atom. The Morgan fingerprint density at radius 1 is 0.889 bits per heavy atom. The summed E-state index contributed by atoms with van der Waals surface area (Å²) in [6.45, 7) is 9.46. The second-order valence-electron chi connectivity index (χ2n) is 7.83. The van der Waals surface area contributed by atoms with Crippen molar-refractivity contribution in [2.75, 3.05) is 17.2 Å². The molecule has 3 rings (SSSR count). The van der Waals surface area contributed by atoms with Crippen molar-refractivity contribution in [1.82, 2.24) is 9.97 Å². The van der Waals surface area contributed by atoms with E-state index in [1.807, 2.05) is 19.1 Å². The standard InChI is InChI=1S/C23H28N4/c1-17-16-21(24-15-14-18-8-6-5-7-9-18)27-22(25-17)26-20-12-10-19(11-13-20)23(2,3)4/h5-13,16H,14-15H2,1-4H3,(H2,24,25,26,27). The third kappa shape index (κ3) is 5.55. The quantitative estimate of drug-likeness (QED) is 0.611. The molecule has 2 aromatic carbocycles. The normalized spacial score (nSPS) is 11.3. The van der Waals surface area contributed by atoms with Gasteiger partial charge in [-0.1, -0.05) is 63.2 Å². The lowest BCUT2D eigenvalue weighted by Gasteiger charge is -2.19. The van der Waals surface area contributed by atoms with Crippen LogP contribution >= 0.6 is 0 Å². The van der Waals surface area contributed by atoms with Crippen LogP contribution in [0.25, 0.3) is 0 Å². The van der Waals surface area contributed by atoms with Crippen molar-refractivity contribution in [3.05, 3.63) is 77.5 Å². The monoisotopic (exact) mass is 360 g/mol. The van der Waals surface area contributed by atoms with Gasteiger partial charge in [-0.3, -0.25) is 0 Å². The molecular formula is C23H28N4. The Labute approximate surface area is 162 Å². The number of nitrogens with zero attached hydrogens (tertiary/aromatic N) is 2. The van der Waals surface area contributed by atoms with Gasteiger partial charge in [0.05, 0.1) is 0 Å². The summed E-state index contributed by atoms with van der Waals surface area (Å²) >= 11 is 0. The molecule has 27 heavy (non-hydrogen) atoms. The van der Waals surface area contributed by atoms with E-state index in [9.17, 15) is 0 Å². The fourth-order valence-corrected chi connectivity index (χ4v) is 2.88. The molecule has 0 aliphatic heterocycles. The van der Waals surface area contributed by atoms with Gasteiger partial charge in [0.15, 0.2) is 0 Å². The molecule has 0 spiro atoms. The van der Waals surface area contributed by atoms with Gasteiger partial charge in [-0.25, -0.2) is 4.98 Å². The van der Waals surface area contributed by atoms with Crippen molar-refractivity contribution >= 4 is 17.5 Å². The third-order valence-electron chi connectivity index (χ3n) is 4.42. The summed E-state index contributed by atoms with van der Waals surface area (Å²) in [5, 5.41) is 6.71. The van der Waals surface area contributed by atoms with Crippen molar-refractivity contribution < 1.29 is 0 Å². The first-order valence-electron chi connectivity index (χ1n) is 9.41. The maximum atomic E-state index is 4.60. The van der Waals surface area contributed by atoms with E-state index in [0.717, 1.165) is 30.2 Å². The summed E-state index contributed by atoms with van der Waals surface area (Å²) in [4.78, 5) is 9.10. The summed E-state index contributed by atoms with van der Waals surface area (Å²) in [5.74, 6) is 1.45. The first kappa shape index (κ1) is 18.9. The first-order chi connectivity index (χ1) is 12.9. The van der Waals surface area contributed by atoms with Crippen LogP contribution in [0.2, 0.25) is 0 Å². The molecule has 3 aromatic rings. The number of aromatic nitrogens is 2. The van der Waals surface area contributed by atoms with E-state index in [2.05, 4.69) is 89.9 Å². The molecule has 1 aromatic heterocycles. The second kappa shape index (κ2) is 8.21. The Bertz CT molecular complexity index is 865. The second-order valence-corrected chi connectivity index (χ2v) is 7.83. The third-order valence-corrected chi connectivity index (χ3v) is 4.42. The van der Waals surface area contributed by atoms with Crippen LogP contribution in [0.5, 0.6) is 0 Å². The Morgan fingerprint density at radius 2 is 1.59 bits per heavy atom. The molecule has 4 nitrogen and oxygen atoms in total. The minimum absolute atomic E-state index is 0.147. The highest BCUT2D eigenvalue weighted by atomic mass is 15.1. The predicted molar refractivity (Wildman–Crippen MR) is 114 cm³/mol. The van der Waals surface area contributed by atoms with Crippen LogP contribution in [0.3, 0.4) is 0 Å². The van der Waals surface area contributed by atoms with Gasteiger partial charge in [-0.2, -0.15) is 4.98 Å². The van der Waals surface area contributed by atoms with Gasteiger partial charge in [0.1, 0.15) is 5.82 Å². The van der Waals surface area contributed by atoms with Gasteiger partial charge in [0.25, 0.3) is 0 Å². The molecule has 0 radical (unpaired) electrons. The van der Waals surface area contributed by atoms with Crippen molar-refractivity contribution in [1.29, 1.82) is 0 Å². The zero-order chi connectivity index (χ0) is 19.3. The van der Waals surface area contributed by atoms with Crippen LogP contribution in [0.1, 0.15) is 37.6 Å². The highest BCUT2D eigenvalue weighted by Gasteiger charge is 2.13. The molecule has 0 bridgehead atoms. The molecule has 1 heterocycles. The molecule has 2 N–H and O–H groups in total. The number of hydrogen-bond acceptors (Lipinski definition) is 4. The van der Waals surface area contributed by atoms with E-state index >= 15 is 0 Å². The summed E-state index contributed by atoms with van der Waals surface area (Å²) in [6, 6.07) is 20.9. The van der Waals surface area contributed by atoms with Gasteiger partial charge in [0, 0.05) is 24.0 Å². The van der Waals surface area contributed by atoms with Gasteiger partial charge in [-0.05, 0) is 42.0 Å². The average Bonchev–Trinajstić information content (AvgIpc) is 2.62. The van der Waals surface area contributed by atoms with E-state index in [0.29, 0.717) is 5.95 Å². The number of anilines is 3. The van der Waals surface area contributed by atoms with E-state index < -0.39 is 0 Å². The van der Waals surface area contributed by atoms with E-state index in [1.165, 1.54) is 11.1 Å². The maximum absolute atomic E-state index is 4.60. The fraction of sp³-hybridized carbons (Fsp3) is 0.304. The lowest BCUT2D eigenvalue weighted by Crippen LogP contribution is -2.11. The number of aryl methyl sites for hydroxylation is 1. The van der Waals surface area contributed by atoms with Gasteiger partial charge in [-0.15, -0.1) is 0 Å². The van der Waals surface area contributed by atoms with Gasteiger partial charge < -0.3 is 10.6 Å². The highest BCUT2D eigenvalue weighted by molar-refractivity contribution is 5.56. The predicted octanol–water partition coefficient (Wildman–Crippen LogP) is 5.48. The maximum Gasteiger partial charge on any atom is 0.229 e. The zero-order valence-corrected chi connectivity index (χ0v) is 16.6. The molecule has 0 amide bonds. The average molecular weight is 361 g/mol. The summed E-state index contributed by atoms with van der Waals surface area (Å²) in [7, 11) is 0. The van der Waals surface area contributed by atoms with Crippen LogP contribution in [-0.2, 0) is 11.8 Å². The molecule has 140 valence electrons. The number of nitrogens with one attached hydrogen (secondary N) is 2. The molecule has 0 aliphatic carbocycles. The molecule has 0 saturated carbocycles. The Kier molecular flexibility index (Phi) is 5.75. The molecule has 0 fully saturated rings. The van der Waals surface area contributed by atoms with Crippen LogP contribution < -0.4 is 10.6 Å². The van der Waals surface area contributed by atoms with E-state index in [1.54, 1.807) is 0 Å². The van der Waals surface area contributed by atoms with Gasteiger partial charge in [0.2, 0.25) is 5.95 Å². The van der Waals surface area contributed by atoms with E-state index in [4.69, 9.17) is 0 Å². The minimum atomic E-state index is 0.147. The highest BCUT2D eigenvalue weighted by Crippen LogP contribution is 2.24. The SMILES string of the molecule is Cc1cc(NCCc2ccccc2)nc(Nc2ccc(C(C)(C)C)cc2)n1. The molecule has 0 unspecified atom stereocenters. The van der Waals surface area contributed by atoms with Crippen LogP contribution in [0.15, 0.2) is 60.7 Å².